The van der Waals surface area contributed by atoms with E-state index in [9.17, 15) is 18.0 Å². The predicted octanol–water partition coefficient (Wildman–Crippen LogP) is 6.00. The molecule has 0 saturated heterocycles. The van der Waals surface area contributed by atoms with Crippen LogP contribution in [0.5, 0.6) is 0 Å². The molecule has 1 aromatic heterocycles. The highest BCUT2D eigenvalue weighted by Crippen LogP contribution is 2.37. The van der Waals surface area contributed by atoms with Crippen LogP contribution in [0, 0.1) is 13.8 Å². The van der Waals surface area contributed by atoms with Crippen molar-refractivity contribution in [3.05, 3.63) is 93.3 Å². The number of nitrogens with zero attached hydrogens (tertiary/aromatic N) is 1. The summed E-state index contributed by atoms with van der Waals surface area (Å²) in [6, 6.07) is 15.1. The number of benzene rings is 3. The fraction of sp³-hybridized carbons (Fsp3) is 0.200. The van der Waals surface area contributed by atoms with Gasteiger partial charge in [-0.25, -0.2) is 4.98 Å². The van der Waals surface area contributed by atoms with E-state index in [-0.39, 0.29) is 17.3 Å². The lowest BCUT2D eigenvalue weighted by atomic mass is 9.98. The van der Waals surface area contributed by atoms with Gasteiger partial charge in [0.05, 0.1) is 33.1 Å². The second kappa shape index (κ2) is 9.02. The van der Waals surface area contributed by atoms with Crippen LogP contribution in [0.4, 0.5) is 18.9 Å². The van der Waals surface area contributed by atoms with Gasteiger partial charge in [0.2, 0.25) is 0 Å². The number of alkyl halides is 3. The van der Waals surface area contributed by atoms with Crippen molar-refractivity contribution in [1.82, 2.24) is 15.3 Å². The van der Waals surface area contributed by atoms with Gasteiger partial charge < -0.3 is 16.0 Å². The molecule has 1 atom stereocenters. The van der Waals surface area contributed by atoms with Gasteiger partial charge in [-0.2, -0.15) is 13.2 Å². The SMILES string of the molecule is Cc1cc2nc(C(CNC(=O)c3c(Cl)cc(N)cc3C(F)(F)F)c3ccccc3)[nH]c2cc1C. The number of carbonyl (C=O) groups is 1. The van der Waals surface area contributed by atoms with Crippen LogP contribution in [0.1, 0.15) is 44.4 Å². The Morgan fingerprint density at radius 2 is 1.79 bits per heavy atom. The fourth-order valence-corrected chi connectivity index (χ4v) is 4.19. The van der Waals surface area contributed by atoms with Crippen LogP contribution in [-0.2, 0) is 6.18 Å². The smallest absolute Gasteiger partial charge is 0.399 e. The zero-order valence-electron chi connectivity index (χ0n) is 18.4. The molecule has 0 bridgehead atoms. The predicted molar refractivity (Wildman–Crippen MR) is 127 cm³/mol. The van der Waals surface area contributed by atoms with Crippen LogP contribution in [0.2, 0.25) is 5.02 Å². The van der Waals surface area contributed by atoms with Crippen molar-refractivity contribution in [2.75, 3.05) is 12.3 Å². The number of aryl methyl sites for hydroxylation is 2. The summed E-state index contributed by atoms with van der Waals surface area (Å²) >= 11 is 6.01. The molecule has 5 nitrogen and oxygen atoms in total. The quantitative estimate of drug-likeness (QED) is 0.303. The fourth-order valence-electron chi connectivity index (χ4n) is 3.88. The van der Waals surface area contributed by atoms with Gasteiger partial charge in [-0.1, -0.05) is 41.9 Å². The molecule has 0 aliphatic carbocycles. The molecule has 0 spiro atoms. The summed E-state index contributed by atoms with van der Waals surface area (Å²) in [5, 5.41) is 2.25. The third kappa shape index (κ3) is 4.72. The highest BCUT2D eigenvalue weighted by Gasteiger charge is 2.37. The van der Waals surface area contributed by atoms with E-state index in [2.05, 4.69) is 10.3 Å². The van der Waals surface area contributed by atoms with Gasteiger partial charge in [-0.3, -0.25) is 4.79 Å². The van der Waals surface area contributed by atoms with E-state index in [1.54, 1.807) is 0 Å². The number of imidazole rings is 1. The molecular weight excluding hydrogens is 465 g/mol. The number of fused-ring (bicyclic) bond motifs is 1. The molecule has 0 radical (unpaired) electrons. The minimum absolute atomic E-state index is 0.00135. The van der Waals surface area contributed by atoms with Gasteiger partial charge >= 0.3 is 6.18 Å². The van der Waals surface area contributed by atoms with Crippen molar-refractivity contribution in [1.29, 1.82) is 0 Å². The monoisotopic (exact) mass is 486 g/mol. The topological polar surface area (TPSA) is 83.8 Å². The average molecular weight is 487 g/mol. The lowest BCUT2D eigenvalue weighted by molar-refractivity contribution is -0.137. The van der Waals surface area contributed by atoms with Crippen molar-refractivity contribution in [2.45, 2.75) is 25.9 Å². The number of hydrogen-bond donors (Lipinski definition) is 3. The number of nitrogen functional groups attached to an aromatic ring is 1. The van der Waals surface area contributed by atoms with Crippen molar-refractivity contribution >= 4 is 34.2 Å². The standard InChI is InChI=1S/C25H22ClF3N4O/c1-13-8-20-21(9-14(13)2)33-23(32-20)17(15-6-4-3-5-7-15)12-31-24(34)22-18(25(27,28)29)10-16(30)11-19(22)26/h3-11,17H,12,30H2,1-2H3,(H,31,34)(H,32,33). The molecule has 1 heterocycles. The molecule has 3 aromatic carbocycles. The molecular formula is C25H22ClF3N4O. The molecule has 1 unspecified atom stereocenters. The van der Waals surface area contributed by atoms with E-state index < -0.39 is 29.1 Å². The van der Waals surface area contributed by atoms with E-state index in [0.29, 0.717) is 11.9 Å². The first-order valence-electron chi connectivity index (χ1n) is 10.5. The largest absolute Gasteiger partial charge is 0.417 e. The Bertz CT molecular complexity index is 1330. The molecule has 0 saturated carbocycles. The van der Waals surface area contributed by atoms with E-state index in [4.69, 9.17) is 22.3 Å². The molecule has 0 fully saturated rings. The van der Waals surface area contributed by atoms with Gasteiger partial charge in [0.1, 0.15) is 5.82 Å². The van der Waals surface area contributed by atoms with E-state index in [0.717, 1.165) is 33.8 Å². The third-order valence-corrected chi connectivity index (χ3v) is 6.06. The highest BCUT2D eigenvalue weighted by atomic mass is 35.5. The van der Waals surface area contributed by atoms with Crippen LogP contribution in [0.15, 0.2) is 54.6 Å². The summed E-state index contributed by atoms with van der Waals surface area (Å²) in [6.07, 6.45) is -4.79. The number of nitrogens with one attached hydrogen (secondary N) is 2. The van der Waals surface area contributed by atoms with Crippen LogP contribution >= 0.6 is 11.6 Å². The number of aromatic nitrogens is 2. The second-order valence-corrected chi connectivity index (χ2v) is 8.58. The van der Waals surface area contributed by atoms with Gasteiger partial charge in [0, 0.05) is 12.2 Å². The van der Waals surface area contributed by atoms with Crippen molar-refractivity contribution in [2.24, 2.45) is 0 Å². The van der Waals surface area contributed by atoms with Crippen molar-refractivity contribution < 1.29 is 18.0 Å². The number of anilines is 1. The number of halogens is 4. The summed E-state index contributed by atoms with van der Waals surface area (Å²) in [7, 11) is 0. The molecule has 0 aliphatic heterocycles. The van der Waals surface area contributed by atoms with Crippen molar-refractivity contribution in [3.8, 4) is 0 Å². The molecule has 9 heteroatoms. The molecule has 4 rings (SSSR count). The molecule has 176 valence electrons. The minimum atomic E-state index is -4.79. The number of nitrogens with two attached hydrogens (primary N) is 1. The summed E-state index contributed by atoms with van der Waals surface area (Å²) < 4.78 is 40.7. The summed E-state index contributed by atoms with van der Waals surface area (Å²) in [5.74, 6) is -0.785. The van der Waals surface area contributed by atoms with Gasteiger partial charge in [-0.05, 0) is 54.8 Å². The van der Waals surface area contributed by atoms with Gasteiger partial charge in [0.15, 0.2) is 0 Å². The van der Waals surface area contributed by atoms with E-state index in [1.807, 2.05) is 56.3 Å². The van der Waals surface area contributed by atoms with E-state index >= 15 is 0 Å². The summed E-state index contributed by atoms with van der Waals surface area (Å²) in [4.78, 5) is 20.9. The summed E-state index contributed by atoms with van der Waals surface area (Å²) in [6.45, 7) is 3.99. The number of rotatable bonds is 5. The number of H-pyrrole nitrogens is 1. The molecule has 4 aromatic rings. The Morgan fingerprint density at radius 3 is 2.47 bits per heavy atom. The lowest BCUT2D eigenvalue weighted by Crippen LogP contribution is -2.31. The minimum Gasteiger partial charge on any atom is -0.399 e. The molecule has 34 heavy (non-hydrogen) atoms. The molecule has 1 amide bonds. The van der Waals surface area contributed by atoms with Crippen molar-refractivity contribution in [3.63, 3.8) is 0 Å². The first-order valence-corrected chi connectivity index (χ1v) is 10.9. The number of aromatic amines is 1. The second-order valence-electron chi connectivity index (χ2n) is 8.17. The number of amides is 1. The Morgan fingerprint density at radius 1 is 1.12 bits per heavy atom. The van der Waals surface area contributed by atoms with Crippen LogP contribution in [0.3, 0.4) is 0 Å². The Kier molecular flexibility index (Phi) is 6.27. The maximum absolute atomic E-state index is 13.6. The first-order chi connectivity index (χ1) is 16.0. The van der Waals surface area contributed by atoms with E-state index in [1.165, 1.54) is 0 Å². The Labute approximate surface area is 199 Å². The van der Waals surface area contributed by atoms with Crippen LogP contribution < -0.4 is 11.1 Å². The van der Waals surface area contributed by atoms with Crippen LogP contribution in [-0.4, -0.2) is 22.4 Å². The third-order valence-electron chi connectivity index (χ3n) is 5.76. The van der Waals surface area contributed by atoms with Gasteiger partial charge in [-0.15, -0.1) is 0 Å². The van der Waals surface area contributed by atoms with Gasteiger partial charge in [0.25, 0.3) is 5.91 Å². The Balaban J connectivity index is 1.69. The molecule has 0 aliphatic rings. The average Bonchev–Trinajstić information content (AvgIpc) is 3.15. The highest BCUT2D eigenvalue weighted by molar-refractivity contribution is 6.34. The first kappa shape index (κ1) is 23.6. The zero-order chi connectivity index (χ0) is 24.6. The normalized spacial score (nSPS) is 12.6. The summed E-state index contributed by atoms with van der Waals surface area (Å²) in [5.41, 5.74) is 8.15. The lowest BCUT2D eigenvalue weighted by Gasteiger charge is -2.19. The number of hydrogen-bond acceptors (Lipinski definition) is 3. The zero-order valence-corrected chi connectivity index (χ0v) is 19.2. The maximum Gasteiger partial charge on any atom is 0.417 e. The molecule has 4 N–H and O–H groups in total. The number of carbonyl (C=O) groups excluding carboxylic acids is 1. The Hall–Kier alpha value is -3.52. The maximum atomic E-state index is 13.6. The van der Waals surface area contributed by atoms with Crippen LogP contribution in [0.25, 0.3) is 11.0 Å².